The van der Waals surface area contributed by atoms with Crippen molar-refractivity contribution in [3.63, 3.8) is 0 Å². The number of aromatic nitrogens is 1. The minimum atomic E-state index is -5.19. The summed E-state index contributed by atoms with van der Waals surface area (Å²) in [5.41, 5.74) is 6.65. The summed E-state index contributed by atoms with van der Waals surface area (Å²) in [5, 5.41) is 15.3. The number of rotatable bonds is 13. The van der Waals surface area contributed by atoms with E-state index in [2.05, 4.69) is 59.8 Å². The Balaban J connectivity index is 0.000000676. The number of amidine groups is 1. The monoisotopic (exact) mass is 612 g/mol. The molecule has 0 radical (unpaired) electrons. The fourth-order valence-corrected chi connectivity index (χ4v) is 5.01. The van der Waals surface area contributed by atoms with Crippen LogP contribution in [0.15, 0.2) is 59.7 Å². The van der Waals surface area contributed by atoms with Gasteiger partial charge in [0.15, 0.2) is 5.70 Å². The van der Waals surface area contributed by atoms with Crippen molar-refractivity contribution in [1.82, 2.24) is 10.3 Å². The van der Waals surface area contributed by atoms with Crippen molar-refractivity contribution < 1.29 is 38.0 Å². The number of carbonyl (C=O) groups excluding carboxylic acids is 3. The second-order valence-electron chi connectivity index (χ2n) is 10.7. The van der Waals surface area contributed by atoms with Crippen LogP contribution in [-0.2, 0) is 27.2 Å². The molecule has 4 N–H and O–H groups in total. The van der Waals surface area contributed by atoms with Gasteiger partial charge >= 0.3 is 6.18 Å². The zero-order valence-corrected chi connectivity index (χ0v) is 25.2. The second-order valence-corrected chi connectivity index (χ2v) is 10.7. The molecule has 0 saturated carbocycles. The van der Waals surface area contributed by atoms with Gasteiger partial charge in [0, 0.05) is 35.0 Å². The van der Waals surface area contributed by atoms with Crippen molar-refractivity contribution in [3.8, 4) is 0 Å². The smallest absolute Gasteiger partial charge is 0.430 e. The molecular weight excluding hydrogens is 573 g/mol. The molecule has 1 atom stereocenters. The van der Waals surface area contributed by atoms with Gasteiger partial charge in [0.1, 0.15) is 17.8 Å². The molecule has 1 aromatic heterocycles. The lowest BCUT2D eigenvalue weighted by atomic mass is 10.0. The van der Waals surface area contributed by atoms with Gasteiger partial charge in [-0.05, 0) is 55.5 Å². The standard InChI is InChI=1S/C31H38N4O2.C2HF3O2/c1-4-23(36)14-10-7-11-15-27(31-32-20-29(35-31)22-12-8-6-9-13-22)34-30(37)19-25-24-17-16-21(3)18-28(24)33-26(25)5-2;3-2(4,5)1(6)7/h6,8-9,12-13,16-18,20,27,33H,4-5,7,10-11,14-15,19H2,1-3H3,(H,32,35)(H,34,37);(H,6,7)/t27-;/m0./s1. The van der Waals surface area contributed by atoms with Crippen LogP contribution in [0.1, 0.15) is 74.8 Å². The number of unbranched alkanes of at least 4 members (excludes halogenated alkanes) is 2. The first-order valence-corrected chi connectivity index (χ1v) is 14.8. The first kappa shape index (κ1) is 34.2. The number of benzene rings is 2. The molecule has 11 heteroatoms. The Kier molecular flexibility index (Phi) is 12.5. The van der Waals surface area contributed by atoms with Crippen LogP contribution in [0.5, 0.6) is 0 Å². The van der Waals surface area contributed by atoms with Crippen molar-refractivity contribution in [2.24, 2.45) is 4.99 Å². The number of quaternary nitrogens is 1. The number of nitrogens with two attached hydrogens (primary N) is 1. The number of amides is 1. The molecule has 2 heterocycles. The predicted octanol–water partition coefficient (Wildman–Crippen LogP) is 4.27. The molecule has 0 saturated heterocycles. The molecule has 0 bridgehead atoms. The summed E-state index contributed by atoms with van der Waals surface area (Å²) in [6.07, 6.45) is 2.71. The van der Waals surface area contributed by atoms with E-state index in [4.69, 9.17) is 14.9 Å². The summed E-state index contributed by atoms with van der Waals surface area (Å²) in [7, 11) is 0. The largest absolute Gasteiger partial charge is 0.542 e. The Labute approximate surface area is 254 Å². The predicted molar refractivity (Wildman–Crippen MR) is 161 cm³/mol. The Bertz CT molecular complexity index is 1510. The average Bonchev–Trinajstić information content (AvgIpc) is 3.61. The number of aliphatic imine (C=N–C) groups is 1. The number of ketones is 1. The molecule has 1 aliphatic rings. The maximum absolute atomic E-state index is 13.4. The van der Waals surface area contributed by atoms with E-state index in [1.54, 1.807) is 0 Å². The van der Waals surface area contributed by atoms with E-state index >= 15 is 0 Å². The minimum absolute atomic E-state index is 0.00611. The van der Waals surface area contributed by atoms with Crippen LogP contribution in [0.2, 0.25) is 0 Å². The van der Waals surface area contributed by atoms with E-state index in [-0.39, 0.29) is 11.9 Å². The van der Waals surface area contributed by atoms with E-state index in [1.165, 1.54) is 5.56 Å². The van der Waals surface area contributed by atoms with Crippen LogP contribution in [0, 0.1) is 6.92 Å². The number of aromatic amines is 1. The molecule has 0 unspecified atom stereocenters. The lowest BCUT2D eigenvalue weighted by molar-refractivity contribution is -0.434. The third-order valence-electron chi connectivity index (χ3n) is 7.37. The zero-order valence-electron chi connectivity index (χ0n) is 25.2. The van der Waals surface area contributed by atoms with Crippen molar-refractivity contribution in [2.75, 3.05) is 0 Å². The SMILES string of the molecule is CCC(=O)CCCCC[C@H](NC(=O)Cc1c(CC)[nH]c2cc(C)ccc12)C1=NC=C(c2ccccc2)[NH2+]1.O=C([O-])C(F)(F)F. The summed E-state index contributed by atoms with van der Waals surface area (Å²) in [4.78, 5) is 42.0. The highest BCUT2D eigenvalue weighted by Crippen LogP contribution is 2.25. The highest BCUT2D eigenvalue weighted by molar-refractivity contribution is 5.93. The highest BCUT2D eigenvalue weighted by Gasteiger charge is 2.29. The number of fused-ring (bicyclic) bond motifs is 1. The van der Waals surface area contributed by atoms with Crippen LogP contribution in [0.4, 0.5) is 13.2 Å². The quantitative estimate of drug-likeness (QED) is 0.249. The number of alkyl halides is 3. The first-order chi connectivity index (χ1) is 20.9. The number of carboxylic acids is 1. The Morgan fingerprint density at radius 1 is 1.05 bits per heavy atom. The lowest BCUT2D eigenvalue weighted by Crippen LogP contribution is -2.87. The van der Waals surface area contributed by atoms with E-state index < -0.39 is 12.1 Å². The number of H-pyrrole nitrogens is 1. The van der Waals surface area contributed by atoms with Crippen molar-refractivity contribution >= 4 is 40.1 Å². The highest BCUT2D eigenvalue weighted by atomic mass is 19.4. The van der Waals surface area contributed by atoms with Gasteiger partial charge in [0.2, 0.25) is 11.7 Å². The number of Topliss-reactive ketones (excluding diaryl/α,β-unsaturated/α-hetero) is 1. The Hall–Kier alpha value is -4.25. The molecule has 4 rings (SSSR count). The number of hydrogen-bond donors (Lipinski definition) is 3. The van der Waals surface area contributed by atoms with Crippen LogP contribution in [-0.4, -0.2) is 40.7 Å². The van der Waals surface area contributed by atoms with Gasteiger partial charge in [-0.15, -0.1) is 0 Å². The zero-order chi connectivity index (χ0) is 32.3. The molecule has 1 aliphatic heterocycles. The van der Waals surface area contributed by atoms with Gasteiger partial charge in [-0.3, -0.25) is 14.9 Å². The van der Waals surface area contributed by atoms with E-state index in [0.717, 1.165) is 71.4 Å². The van der Waals surface area contributed by atoms with Gasteiger partial charge in [0.25, 0.3) is 0 Å². The van der Waals surface area contributed by atoms with Crippen molar-refractivity contribution in [1.29, 1.82) is 0 Å². The number of carboxylic acid groups (broad SMARTS) is 1. The fraction of sp³-hybridized carbons (Fsp3) is 0.394. The van der Waals surface area contributed by atoms with Gasteiger partial charge in [-0.1, -0.05) is 57.0 Å². The summed E-state index contributed by atoms with van der Waals surface area (Å²) in [6.45, 7) is 6.11. The topological polar surface area (TPSA) is 131 Å². The fourth-order valence-electron chi connectivity index (χ4n) is 5.01. The molecule has 0 spiro atoms. The first-order valence-electron chi connectivity index (χ1n) is 14.8. The third kappa shape index (κ3) is 9.90. The second kappa shape index (κ2) is 16.0. The van der Waals surface area contributed by atoms with Crippen LogP contribution in [0.3, 0.4) is 0 Å². The Morgan fingerprint density at radius 3 is 2.39 bits per heavy atom. The molecule has 236 valence electrons. The number of nitrogens with one attached hydrogen (secondary N) is 2. The third-order valence-corrected chi connectivity index (χ3v) is 7.37. The molecule has 2 aromatic carbocycles. The number of aliphatic carboxylic acids is 1. The van der Waals surface area contributed by atoms with Crippen LogP contribution >= 0.6 is 0 Å². The minimum Gasteiger partial charge on any atom is -0.542 e. The number of aryl methyl sites for hydroxylation is 2. The summed E-state index contributed by atoms with van der Waals surface area (Å²) in [5.74, 6) is -1.79. The number of hydrogen-bond acceptors (Lipinski definition) is 5. The van der Waals surface area contributed by atoms with Crippen molar-refractivity contribution in [3.05, 3.63) is 77.1 Å². The maximum atomic E-state index is 13.4. The molecule has 3 aromatic rings. The molecule has 1 amide bonds. The molecular formula is C33H39F3N4O4. The summed E-state index contributed by atoms with van der Waals surface area (Å²) < 4.78 is 31.5. The number of nitrogens with zero attached hydrogens (tertiary/aromatic N) is 1. The van der Waals surface area contributed by atoms with Gasteiger partial charge < -0.3 is 20.2 Å². The lowest BCUT2D eigenvalue weighted by Gasteiger charge is -2.17. The van der Waals surface area contributed by atoms with Gasteiger partial charge in [-0.25, -0.2) is 4.99 Å². The number of carbonyl (C=O) groups is 3. The molecule has 8 nitrogen and oxygen atoms in total. The Morgan fingerprint density at radius 2 is 1.75 bits per heavy atom. The molecule has 0 aliphatic carbocycles. The maximum Gasteiger partial charge on any atom is 0.430 e. The van der Waals surface area contributed by atoms with Gasteiger partial charge in [-0.2, -0.15) is 13.2 Å². The van der Waals surface area contributed by atoms with Crippen molar-refractivity contribution in [2.45, 2.75) is 84.4 Å². The average molecular weight is 613 g/mol. The molecule has 0 fully saturated rings. The normalized spacial score (nSPS) is 13.5. The van der Waals surface area contributed by atoms with E-state index in [1.807, 2.05) is 31.3 Å². The van der Waals surface area contributed by atoms with E-state index in [9.17, 15) is 22.8 Å². The summed E-state index contributed by atoms with van der Waals surface area (Å²) >= 11 is 0. The molecule has 44 heavy (non-hydrogen) atoms. The summed E-state index contributed by atoms with van der Waals surface area (Å²) in [6, 6.07) is 16.4. The number of halogens is 3. The van der Waals surface area contributed by atoms with Gasteiger partial charge in [0.05, 0.1) is 12.6 Å². The van der Waals surface area contributed by atoms with Crippen LogP contribution in [0.25, 0.3) is 16.6 Å². The van der Waals surface area contributed by atoms with Crippen LogP contribution < -0.4 is 15.7 Å². The van der Waals surface area contributed by atoms with E-state index in [0.29, 0.717) is 25.0 Å².